The maximum absolute atomic E-state index is 13.9. The van der Waals surface area contributed by atoms with Gasteiger partial charge in [-0.1, -0.05) is 37.6 Å². The summed E-state index contributed by atoms with van der Waals surface area (Å²) in [5.74, 6) is -0.0989. The monoisotopic (exact) mass is 322 g/mol. The first-order chi connectivity index (χ1) is 10.5. The van der Waals surface area contributed by atoms with Crippen LogP contribution in [-0.4, -0.2) is 22.7 Å². The highest BCUT2D eigenvalue weighted by Gasteiger charge is 2.13. The second-order valence-electron chi connectivity index (χ2n) is 5.55. The lowest BCUT2D eigenvalue weighted by molar-refractivity contribution is 0.209. The average Bonchev–Trinajstić information content (AvgIpc) is 2.50. The predicted molar refractivity (Wildman–Crippen MR) is 87.2 cm³/mol. The molecular weight excluding hydrogens is 303 g/mol. The van der Waals surface area contributed by atoms with E-state index < -0.39 is 0 Å². The Balaban J connectivity index is 2.18. The molecule has 22 heavy (non-hydrogen) atoms. The fourth-order valence-corrected chi connectivity index (χ4v) is 2.25. The number of hydrogen-bond donors (Lipinski definition) is 2. The quantitative estimate of drug-likeness (QED) is 0.853. The lowest BCUT2D eigenvalue weighted by Crippen LogP contribution is -2.36. The first-order valence-electron chi connectivity index (χ1n) is 7.27. The zero-order valence-corrected chi connectivity index (χ0v) is 13.4. The molecule has 2 aromatic rings. The Labute approximate surface area is 135 Å². The largest absolute Gasteiger partial charge is 0.395 e. The molecule has 3 nitrogen and oxygen atoms in total. The Morgan fingerprint density at radius 2 is 1.86 bits per heavy atom. The molecule has 0 aliphatic carbocycles. The van der Waals surface area contributed by atoms with Crippen molar-refractivity contribution in [3.8, 4) is 11.3 Å². The minimum Gasteiger partial charge on any atom is -0.395 e. The molecule has 5 heteroatoms. The van der Waals surface area contributed by atoms with Crippen LogP contribution in [0.25, 0.3) is 11.3 Å². The van der Waals surface area contributed by atoms with E-state index in [0.29, 0.717) is 16.4 Å². The third-order valence-electron chi connectivity index (χ3n) is 3.59. The van der Waals surface area contributed by atoms with E-state index >= 15 is 0 Å². The van der Waals surface area contributed by atoms with Crippen molar-refractivity contribution in [2.24, 2.45) is 5.92 Å². The van der Waals surface area contributed by atoms with Crippen molar-refractivity contribution in [2.45, 2.75) is 26.4 Å². The number of halogens is 2. The van der Waals surface area contributed by atoms with E-state index in [4.69, 9.17) is 11.6 Å². The number of aliphatic hydroxyl groups is 1. The van der Waals surface area contributed by atoms with Crippen LogP contribution in [0.4, 0.5) is 4.39 Å². The zero-order valence-electron chi connectivity index (χ0n) is 12.7. The van der Waals surface area contributed by atoms with Gasteiger partial charge in [-0.3, -0.25) is 0 Å². The second-order valence-corrected chi connectivity index (χ2v) is 5.98. The molecular formula is C17H20ClFN2O. The summed E-state index contributed by atoms with van der Waals surface area (Å²) in [4.78, 5) is 4.38. The van der Waals surface area contributed by atoms with Crippen LogP contribution in [0.1, 0.15) is 19.5 Å². The number of aliphatic hydroxyl groups excluding tert-OH is 1. The first-order valence-corrected chi connectivity index (χ1v) is 7.64. The number of nitrogens with zero attached hydrogens (tertiary/aromatic N) is 1. The van der Waals surface area contributed by atoms with Gasteiger partial charge in [0, 0.05) is 23.2 Å². The molecule has 0 spiro atoms. The van der Waals surface area contributed by atoms with Gasteiger partial charge in [-0.05, 0) is 30.2 Å². The Kier molecular flexibility index (Phi) is 5.89. The van der Waals surface area contributed by atoms with Gasteiger partial charge in [-0.15, -0.1) is 0 Å². The van der Waals surface area contributed by atoms with Crippen LogP contribution in [0.2, 0.25) is 5.02 Å². The Morgan fingerprint density at radius 3 is 2.45 bits per heavy atom. The van der Waals surface area contributed by atoms with Gasteiger partial charge >= 0.3 is 0 Å². The van der Waals surface area contributed by atoms with E-state index in [-0.39, 0.29) is 30.9 Å². The van der Waals surface area contributed by atoms with Crippen LogP contribution in [0.15, 0.2) is 36.4 Å². The van der Waals surface area contributed by atoms with Gasteiger partial charge in [0.05, 0.1) is 18.0 Å². The fraction of sp³-hybridized carbons (Fsp3) is 0.353. The fourth-order valence-electron chi connectivity index (χ4n) is 2.13. The smallest absolute Gasteiger partial charge is 0.146 e. The molecule has 1 aromatic carbocycles. The van der Waals surface area contributed by atoms with E-state index in [1.165, 1.54) is 6.07 Å². The first kappa shape index (κ1) is 16.9. The summed E-state index contributed by atoms with van der Waals surface area (Å²) in [5.41, 5.74) is 1.92. The topological polar surface area (TPSA) is 45.1 Å². The van der Waals surface area contributed by atoms with E-state index in [1.54, 1.807) is 18.2 Å². The minimum absolute atomic E-state index is 0.0101. The number of nitrogens with one attached hydrogen (secondary N) is 1. The minimum atomic E-state index is -0.356. The van der Waals surface area contributed by atoms with Crippen LogP contribution in [-0.2, 0) is 6.54 Å². The molecule has 0 fully saturated rings. The van der Waals surface area contributed by atoms with Gasteiger partial charge in [-0.25, -0.2) is 9.37 Å². The van der Waals surface area contributed by atoms with Crippen molar-refractivity contribution in [3.05, 3.63) is 52.9 Å². The second kappa shape index (κ2) is 7.68. The van der Waals surface area contributed by atoms with Crippen molar-refractivity contribution in [1.82, 2.24) is 10.3 Å². The van der Waals surface area contributed by atoms with E-state index in [1.807, 2.05) is 26.0 Å². The van der Waals surface area contributed by atoms with Crippen LogP contribution in [0, 0.1) is 11.7 Å². The summed E-state index contributed by atoms with van der Waals surface area (Å²) in [7, 11) is 0. The number of aromatic nitrogens is 1. The van der Waals surface area contributed by atoms with Crippen molar-refractivity contribution in [3.63, 3.8) is 0 Å². The van der Waals surface area contributed by atoms with Crippen molar-refractivity contribution in [2.75, 3.05) is 6.61 Å². The summed E-state index contributed by atoms with van der Waals surface area (Å²) in [6.45, 7) is 4.29. The molecule has 1 aromatic heterocycles. The van der Waals surface area contributed by atoms with Crippen LogP contribution < -0.4 is 5.32 Å². The Hall–Kier alpha value is -1.49. The van der Waals surface area contributed by atoms with Gasteiger partial charge in [0.1, 0.15) is 5.82 Å². The third kappa shape index (κ3) is 4.26. The molecule has 0 bridgehead atoms. The number of pyridine rings is 1. The predicted octanol–water partition coefficient (Wildman–Crippen LogP) is 3.65. The molecule has 0 amide bonds. The van der Waals surface area contributed by atoms with Crippen molar-refractivity contribution < 1.29 is 9.50 Å². The van der Waals surface area contributed by atoms with Crippen LogP contribution in [0.3, 0.4) is 0 Å². The highest BCUT2D eigenvalue weighted by Crippen LogP contribution is 2.21. The van der Waals surface area contributed by atoms with Crippen LogP contribution in [0.5, 0.6) is 0 Å². The molecule has 0 aliphatic heterocycles. The average molecular weight is 323 g/mol. The molecule has 0 unspecified atom stereocenters. The molecule has 0 saturated heterocycles. The maximum atomic E-state index is 13.9. The summed E-state index contributed by atoms with van der Waals surface area (Å²) >= 11 is 5.87. The Morgan fingerprint density at radius 1 is 1.18 bits per heavy atom. The van der Waals surface area contributed by atoms with E-state index in [0.717, 1.165) is 5.56 Å². The number of hydrogen-bond acceptors (Lipinski definition) is 3. The summed E-state index contributed by atoms with van der Waals surface area (Å²) in [6.07, 6.45) is 0. The zero-order chi connectivity index (χ0) is 16.1. The van der Waals surface area contributed by atoms with Gasteiger partial charge in [0.25, 0.3) is 0 Å². The van der Waals surface area contributed by atoms with Gasteiger partial charge in [0.15, 0.2) is 0 Å². The lowest BCUT2D eigenvalue weighted by atomic mass is 10.1. The number of rotatable bonds is 6. The summed E-state index contributed by atoms with van der Waals surface area (Å²) in [6, 6.07) is 10.2. The Bertz CT molecular complexity index is 617. The van der Waals surface area contributed by atoms with Gasteiger partial charge < -0.3 is 10.4 Å². The summed E-state index contributed by atoms with van der Waals surface area (Å²) in [5, 5.41) is 13.1. The molecule has 1 heterocycles. The van der Waals surface area contributed by atoms with Crippen molar-refractivity contribution >= 4 is 11.6 Å². The molecule has 0 aliphatic rings. The standard InChI is InChI=1S/C17H20ClFN2O/c1-11(2)17(10-22)20-9-16-14(19)7-8-15(21-16)12-3-5-13(18)6-4-12/h3-8,11,17,20,22H,9-10H2,1-2H3/t17-/m0/s1. The number of benzene rings is 1. The third-order valence-corrected chi connectivity index (χ3v) is 3.84. The molecule has 118 valence electrons. The van der Waals surface area contributed by atoms with Crippen LogP contribution >= 0.6 is 11.6 Å². The van der Waals surface area contributed by atoms with Gasteiger partial charge in [-0.2, -0.15) is 0 Å². The van der Waals surface area contributed by atoms with Crippen molar-refractivity contribution in [1.29, 1.82) is 0 Å². The molecule has 0 radical (unpaired) electrons. The SMILES string of the molecule is CC(C)[C@H](CO)NCc1nc(-c2ccc(Cl)cc2)ccc1F. The van der Waals surface area contributed by atoms with E-state index in [2.05, 4.69) is 10.3 Å². The normalized spacial score (nSPS) is 12.6. The molecule has 2 rings (SSSR count). The molecule has 1 atom stereocenters. The highest BCUT2D eigenvalue weighted by molar-refractivity contribution is 6.30. The lowest BCUT2D eigenvalue weighted by Gasteiger charge is -2.20. The molecule has 0 saturated carbocycles. The summed E-state index contributed by atoms with van der Waals surface area (Å²) < 4.78 is 13.9. The maximum Gasteiger partial charge on any atom is 0.146 e. The highest BCUT2D eigenvalue weighted by atomic mass is 35.5. The van der Waals surface area contributed by atoms with E-state index in [9.17, 15) is 9.50 Å². The molecule has 2 N–H and O–H groups in total. The van der Waals surface area contributed by atoms with Gasteiger partial charge in [0.2, 0.25) is 0 Å².